The van der Waals surface area contributed by atoms with Gasteiger partial charge in [-0.25, -0.2) is 0 Å². The number of rotatable bonds is 4. The highest BCUT2D eigenvalue weighted by atomic mass is 79.9. The van der Waals surface area contributed by atoms with Crippen molar-refractivity contribution >= 4 is 27.3 Å². The van der Waals surface area contributed by atoms with Crippen molar-refractivity contribution in [3.05, 3.63) is 20.8 Å². The maximum absolute atomic E-state index is 5.44. The molecular formula is C11H16BrNOS. The van der Waals surface area contributed by atoms with Gasteiger partial charge >= 0.3 is 0 Å². The first kappa shape index (κ1) is 11.6. The van der Waals surface area contributed by atoms with E-state index >= 15 is 0 Å². The van der Waals surface area contributed by atoms with Gasteiger partial charge in [-0.1, -0.05) is 0 Å². The molecule has 0 aliphatic carbocycles. The molecule has 0 amide bonds. The Balaban J connectivity index is 1.95. The van der Waals surface area contributed by atoms with Crippen LogP contribution < -0.4 is 5.32 Å². The fourth-order valence-corrected chi connectivity index (χ4v) is 3.56. The van der Waals surface area contributed by atoms with Crippen molar-refractivity contribution in [2.24, 2.45) is 5.92 Å². The summed E-state index contributed by atoms with van der Waals surface area (Å²) in [5.41, 5.74) is 0. The number of ether oxygens (including phenoxy) is 1. The Morgan fingerprint density at radius 3 is 3.13 bits per heavy atom. The van der Waals surface area contributed by atoms with Gasteiger partial charge in [0, 0.05) is 33.3 Å². The molecule has 2 nitrogen and oxygen atoms in total. The molecule has 1 N–H and O–H groups in total. The quantitative estimate of drug-likeness (QED) is 0.920. The van der Waals surface area contributed by atoms with E-state index in [1.807, 2.05) is 18.4 Å². The van der Waals surface area contributed by atoms with Crippen LogP contribution in [0.5, 0.6) is 0 Å². The molecule has 0 saturated carbocycles. The summed E-state index contributed by atoms with van der Waals surface area (Å²) in [6.45, 7) is 1.84. The molecule has 1 fully saturated rings. The first-order chi connectivity index (χ1) is 7.29. The molecule has 1 aromatic rings. The third-order valence-electron chi connectivity index (χ3n) is 2.95. The minimum absolute atomic E-state index is 0.554. The Bertz CT molecular complexity index is 309. The van der Waals surface area contributed by atoms with Crippen molar-refractivity contribution < 1.29 is 4.74 Å². The van der Waals surface area contributed by atoms with Gasteiger partial charge in [-0.2, -0.15) is 0 Å². The molecule has 2 rings (SSSR count). The van der Waals surface area contributed by atoms with Gasteiger partial charge < -0.3 is 10.1 Å². The standard InChI is InChI=1S/C11H16BrNOS/c1-13-11(8-2-3-14-6-8)5-10-4-9(12)7-15-10/h4,7-8,11,13H,2-3,5-6H2,1H3. The van der Waals surface area contributed by atoms with Gasteiger partial charge in [0.1, 0.15) is 0 Å². The van der Waals surface area contributed by atoms with E-state index in [1.165, 1.54) is 15.8 Å². The average Bonchev–Trinajstić information content (AvgIpc) is 2.85. The minimum Gasteiger partial charge on any atom is -0.381 e. The van der Waals surface area contributed by atoms with Crippen molar-refractivity contribution in [2.45, 2.75) is 18.9 Å². The second-order valence-electron chi connectivity index (χ2n) is 3.95. The lowest BCUT2D eigenvalue weighted by Gasteiger charge is -2.20. The number of nitrogens with one attached hydrogen (secondary N) is 1. The van der Waals surface area contributed by atoms with Gasteiger partial charge in [0.25, 0.3) is 0 Å². The minimum atomic E-state index is 0.554. The van der Waals surface area contributed by atoms with Crippen molar-refractivity contribution in [1.82, 2.24) is 5.32 Å². The predicted octanol–water partition coefficient (Wildman–Crippen LogP) is 2.68. The Labute approximate surface area is 103 Å². The number of hydrogen-bond donors (Lipinski definition) is 1. The fraction of sp³-hybridized carbons (Fsp3) is 0.636. The summed E-state index contributed by atoms with van der Waals surface area (Å²) in [4.78, 5) is 1.44. The summed E-state index contributed by atoms with van der Waals surface area (Å²) in [7, 11) is 2.05. The second kappa shape index (κ2) is 5.43. The first-order valence-electron chi connectivity index (χ1n) is 5.27. The highest BCUT2D eigenvalue weighted by Gasteiger charge is 2.24. The van der Waals surface area contributed by atoms with Crippen LogP contribution in [-0.2, 0) is 11.2 Å². The number of hydrogen-bond acceptors (Lipinski definition) is 3. The second-order valence-corrected chi connectivity index (χ2v) is 5.87. The molecule has 0 bridgehead atoms. The van der Waals surface area contributed by atoms with Crippen LogP contribution in [0.2, 0.25) is 0 Å². The summed E-state index contributed by atoms with van der Waals surface area (Å²) in [5, 5.41) is 5.56. The predicted molar refractivity (Wildman–Crippen MR) is 67.5 cm³/mol. The van der Waals surface area contributed by atoms with Crippen LogP contribution in [0, 0.1) is 5.92 Å². The van der Waals surface area contributed by atoms with Crippen LogP contribution in [-0.4, -0.2) is 26.3 Å². The molecule has 84 valence electrons. The zero-order valence-electron chi connectivity index (χ0n) is 8.83. The summed E-state index contributed by atoms with van der Waals surface area (Å²) in [6.07, 6.45) is 2.30. The van der Waals surface area contributed by atoms with Crippen LogP contribution in [0.15, 0.2) is 15.9 Å². The fourth-order valence-electron chi connectivity index (χ4n) is 2.05. The third kappa shape index (κ3) is 3.03. The van der Waals surface area contributed by atoms with Gasteiger partial charge in [-0.15, -0.1) is 11.3 Å². The molecule has 15 heavy (non-hydrogen) atoms. The normalized spacial score (nSPS) is 23.2. The van der Waals surface area contributed by atoms with Crippen LogP contribution in [0.1, 0.15) is 11.3 Å². The number of halogens is 1. The number of thiophene rings is 1. The summed E-state index contributed by atoms with van der Waals surface area (Å²) < 4.78 is 6.63. The largest absolute Gasteiger partial charge is 0.381 e. The van der Waals surface area contributed by atoms with Gasteiger partial charge in [0.2, 0.25) is 0 Å². The maximum atomic E-state index is 5.44. The maximum Gasteiger partial charge on any atom is 0.0510 e. The summed E-state index contributed by atoms with van der Waals surface area (Å²) in [6, 6.07) is 2.77. The first-order valence-corrected chi connectivity index (χ1v) is 6.95. The highest BCUT2D eigenvalue weighted by Crippen LogP contribution is 2.25. The van der Waals surface area contributed by atoms with E-state index in [2.05, 4.69) is 32.7 Å². The molecule has 1 aliphatic heterocycles. The molecule has 1 aliphatic rings. The van der Waals surface area contributed by atoms with Gasteiger partial charge in [0.15, 0.2) is 0 Å². The van der Waals surface area contributed by atoms with E-state index in [0.717, 1.165) is 19.6 Å². The lowest BCUT2D eigenvalue weighted by Crippen LogP contribution is -2.35. The number of likely N-dealkylation sites (N-methyl/N-ethyl adjacent to an activating group) is 1. The Morgan fingerprint density at radius 1 is 1.73 bits per heavy atom. The van der Waals surface area contributed by atoms with Crippen LogP contribution in [0.3, 0.4) is 0 Å². The van der Waals surface area contributed by atoms with Crippen LogP contribution in [0.25, 0.3) is 0 Å². The van der Waals surface area contributed by atoms with Crippen molar-refractivity contribution in [3.63, 3.8) is 0 Å². The van der Waals surface area contributed by atoms with Crippen LogP contribution in [0.4, 0.5) is 0 Å². The third-order valence-corrected chi connectivity index (χ3v) is 4.67. The monoisotopic (exact) mass is 289 g/mol. The molecule has 2 heterocycles. The van der Waals surface area contributed by atoms with Crippen molar-refractivity contribution in [3.8, 4) is 0 Å². The summed E-state index contributed by atoms with van der Waals surface area (Å²) in [5.74, 6) is 0.677. The topological polar surface area (TPSA) is 21.3 Å². The molecule has 2 unspecified atom stereocenters. The molecule has 0 radical (unpaired) electrons. The van der Waals surface area contributed by atoms with Crippen molar-refractivity contribution in [1.29, 1.82) is 0 Å². The molecule has 0 spiro atoms. The van der Waals surface area contributed by atoms with Crippen molar-refractivity contribution in [2.75, 3.05) is 20.3 Å². The Morgan fingerprint density at radius 2 is 2.60 bits per heavy atom. The zero-order chi connectivity index (χ0) is 10.7. The van der Waals surface area contributed by atoms with E-state index in [9.17, 15) is 0 Å². The van der Waals surface area contributed by atoms with Crippen LogP contribution >= 0.6 is 27.3 Å². The molecule has 1 saturated heterocycles. The van der Waals surface area contributed by atoms with Gasteiger partial charge in [-0.3, -0.25) is 0 Å². The lowest BCUT2D eigenvalue weighted by atomic mass is 9.96. The average molecular weight is 290 g/mol. The van der Waals surface area contributed by atoms with E-state index in [0.29, 0.717) is 12.0 Å². The summed E-state index contributed by atoms with van der Waals surface area (Å²) >= 11 is 5.32. The van der Waals surface area contributed by atoms with Gasteiger partial charge in [-0.05, 0) is 41.9 Å². The smallest absolute Gasteiger partial charge is 0.0510 e. The molecule has 4 heteroatoms. The zero-order valence-corrected chi connectivity index (χ0v) is 11.2. The highest BCUT2D eigenvalue weighted by molar-refractivity contribution is 9.10. The molecule has 2 atom stereocenters. The SMILES string of the molecule is CNC(Cc1cc(Br)cs1)C1CCOC1. The molecule has 0 aromatic carbocycles. The van der Waals surface area contributed by atoms with Gasteiger partial charge in [0.05, 0.1) is 6.61 Å². The van der Waals surface area contributed by atoms with E-state index in [-0.39, 0.29) is 0 Å². The molecule has 1 aromatic heterocycles. The Kier molecular flexibility index (Phi) is 4.20. The van der Waals surface area contributed by atoms with E-state index in [4.69, 9.17) is 4.74 Å². The Hall–Kier alpha value is 0.1000. The van der Waals surface area contributed by atoms with E-state index < -0.39 is 0 Å². The van der Waals surface area contributed by atoms with E-state index in [1.54, 1.807) is 0 Å². The lowest BCUT2D eigenvalue weighted by molar-refractivity contribution is 0.177. The molecular weight excluding hydrogens is 274 g/mol.